The zero-order valence-corrected chi connectivity index (χ0v) is 13.4. The number of benzene rings is 2. The van der Waals surface area contributed by atoms with E-state index in [2.05, 4.69) is 6.58 Å². The van der Waals surface area contributed by atoms with Crippen molar-refractivity contribution >= 4 is 11.6 Å². The van der Waals surface area contributed by atoms with E-state index in [1.807, 2.05) is 18.2 Å². The lowest BCUT2D eigenvalue weighted by Gasteiger charge is -2.23. The summed E-state index contributed by atoms with van der Waals surface area (Å²) in [6.07, 6.45) is 2.02. The second kappa shape index (κ2) is 6.74. The summed E-state index contributed by atoms with van der Waals surface area (Å²) in [6.45, 7) is 4.42. The van der Waals surface area contributed by atoms with Crippen molar-refractivity contribution in [2.45, 2.75) is 13.0 Å². The van der Waals surface area contributed by atoms with Crippen molar-refractivity contribution in [3.8, 4) is 11.5 Å². The van der Waals surface area contributed by atoms with Gasteiger partial charge in [-0.3, -0.25) is 4.79 Å². The van der Waals surface area contributed by atoms with Gasteiger partial charge in [0.15, 0.2) is 0 Å². The number of anilines is 1. The Morgan fingerprint density at radius 2 is 2.21 bits per heavy atom. The Kier molecular flexibility index (Phi) is 4.51. The fourth-order valence-corrected chi connectivity index (χ4v) is 2.74. The van der Waals surface area contributed by atoms with Crippen molar-refractivity contribution < 1.29 is 18.7 Å². The molecule has 1 heterocycles. The summed E-state index contributed by atoms with van der Waals surface area (Å²) < 4.78 is 24.9. The highest BCUT2D eigenvalue weighted by atomic mass is 19.1. The summed E-state index contributed by atoms with van der Waals surface area (Å²) in [5.41, 5.74) is 2.16. The first kappa shape index (κ1) is 16.1. The molecule has 1 aliphatic rings. The monoisotopic (exact) mass is 327 g/mol. The molecule has 0 N–H and O–H groups in total. The number of hydrogen-bond donors (Lipinski definition) is 0. The van der Waals surface area contributed by atoms with E-state index in [1.54, 1.807) is 0 Å². The van der Waals surface area contributed by atoms with Crippen LogP contribution >= 0.6 is 0 Å². The topological polar surface area (TPSA) is 38.8 Å². The maximum Gasteiger partial charge on any atom is 0.250 e. The zero-order chi connectivity index (χ0) is 17.1. The number of ether oxygens (including phenoxy) is 2. The lowest BCUT2D eigenvalue weighted by molar-refractivity contribution is -0.114. The number of amides is 1. The van der Waals surface area contributed by atoms with Gasteiger partial charge in [0.05, 0.1) is 25.9 Å². The average Bonchev–Trinajstić information content (AvgIpc) is 3.07. The van der Waals surface area contributed by atoms with Crippen molar-refractivity contribution in [3.05, 3.63) is 66.0 Å². The normalized spacial score (nSPS) is 12.2. The number of methoxy groups -OCH3 is 1. The largest absolute Gasteiger partial charge is 0.497 e. The van der Waals surface area contributed by atoms with E-state index < -0.39 is 5.82 Å². The van der Waals surface area contributed by atoms with Crippen molar-refractivity contribution in [1.29, 1.82) is 0 Å². The lowest BCUT2D eigenvalue weighted by atomic mass is 10.1. The molecule has 24 heavy (non-hydrogen) atoms. The van der Waals surface area contributed by atoms with E-state index in [-0.39, 0.29) is 18.1 Å². The van der Waals surface area contributed by atoms with Crippen LogP contribution in [0.5, 0.6) is 11.5 Å². The summed E-state index contributed by atoms with van der Waals surface area (Å²) in [4.78, 5) is 13.6. The molecule has 1 amide bonds. The number of carbonyl (C=O) groups excluding carboxylic acids is 1. The van der Waals surface area contributed by atoms with E-state index in [0.717, 1.165) is 23.3 Å². The number of carbonyl (C=O) groups is 1. The summed E-state index contributed by atoms with van der Waals surface area (Å²) in [6, 6.07) is 10.1. The van der Waals surface area contributed by atoms with E-state index in [1.165, 1.54) is 36.3 Å². The maximum absolute atomic E-state index is 14.3. The molecule has 1 aliphatic heterocycles. The van der Waals surface area contributed by atoms with Gasteiger partial charge in [-0.1, -0.05) is 18.7 Å². The van der Waals surface area contributed by atoms with E-state index in [0.29, 0.717) is 12.4 Å². The summed E-state index contributed by atoms with van der Waals surface area (Å²) >= 11 is 0. The first-order valence-electron chi connectivity index (χ1n) is 7.64. The van der Waals surface area contributed by atoms with Crippen LogP contribution in [0.2, 0.25) is 0 Å². The summed E-state index contributed by atoms with van der Waals surface area (Å²) in [5, 5.41) is 0. The maximum atomic E-state index is 14.3. The van der Waals surface area contributed by atoms with Gasteiger partial charge in [0, 0.05) is 12.5 Å². The average molecular weight is 327 g/mol. The van der Waals surface area contributed by atoms with Gasteiger partial charge in [-0.15, -0.1) is 0 Å². The molecule has 124 valence electrons. The Morgan fingerprint density at radius 3 is 2.96 bits per heavy atom. The highest BCUT2D eigenvalue weighted by molar-refractivity contribution is 6.01. The van der Waals surface area contributed by atoms with E-state index in [4.69, 9.17) is 9.47 Å². The van der Waals surface area contributed by atoms with Crippen LogP contribution in [0.15, 0.2) is 49.1 Å². The third-order valence-corrected chi connectivity index (χ3v) is 3.98. The second-order valence-corrected chi connectivity index (χ2v) is 5.49. The molecular weight excluding hydrogens is 309 g/mol. The second-order valence-electron chi connectivity index (χ2n) is 5.49. The number of nitrogens with zero attached hydrogens (tertiary/aromatic N) is 1. The first-order valence-corrected chi connectivity index (χ1v) is 7.64. The van der Waals surface area contributed by atoms with E-state index in [9.17, 15) is 9.18 Å². The SMILES string of the molecule is C=CC(=O)N(Cc1ccc2c(c1)CCO2)c1cc(OC)ccc1F. The molecule has 0 aromatic heterocycles. The van der Waals surface area contributed by atoms with Gasteiger partial charge in [0.1, 0.15) is 17.3 Å². The van der Waals surface area contributed by atoms with Gasteiger partial charge in [-0.25, -0.2) is 4.39 Å². The third kappa shape index (κ3) is 3.11. The minimum Gasteiger partial charge on any atom is -0.497 e. The molecule has 2 aromatic rings. The van der Waals surface area contributed by atoms with Gasteiger partial charge in [0.2, 0.25) is 0 Å². The van der Waals surface area contributed by atoms with Crippen molar-refractivity contribution in [2.24, 2.45) is 0 Å². The van der Waals surface area contributed by atoms with Crippen LogP contribution in [0.1, 0.15) is 11.1 Å². The van der Waals surface area contributed by atoms with Crippen LogP contribution in [0.4, 0.5) is 10.1 Å². The van der Waals surface area contributed by atoms with Crippen LogP contribution in [0.25, 0.3) is 0 Å². The van der Waals surface area contributed by atoms with Crippen LogP contribution in [-0.4, -0.2) is 19.6 Å². The Labute approximate surface area is 140 Å². The highest BCUT2D eigenvalue weighted by Gasteiger charge is 2.20. The van der Waals surface area contributed by atoms with Crippen molar-refractivity contribution in [2.75, 3.05) is 18.6 Å². The van der Waals surface area contributed by atoms with Gasteiger partial charge in [-0.05, 0) is 35.4 Å². The molecule has 2 aromatic carbocycles. The minimum atomic E-state index is -0.490. The van der Waals surface area contributed by atoms with Crippen molar-refractivity contribution in [1.82, 2.24) is 0 Å². The predicted molar refractivity (Wildman–Crippen MR) is 90.0 cm³/mol. The molecule has 0 spiro atoms. The number of rotatable bonds is 5. The standard InChI is InChI=1S/C19H18FNO3/c1-3-19(22)21(17-11-15(23-2)5-6-16(17)20)12-13-4-7-18-14(10-13)8-9-24-18/h3-7,10-11H,1,8-9,12H2,2H3. The van der Waals surface area contributed by atoms with Gasteiger partial charge < -0.3 is 14.4 Å². The van der Waals surface area contributed by atoms with Gasteiger partial charge in [-0.2, -0.15) is 0 Å². The number of halogens is 1. The molecule has 0 bridgehead atoms. The third-order valence-electron chi connectivity index (χ3n) is 3.98. The zero-order valence-electron chi connectivity index (χ0n) is 13.4. The van der Waals surface area contributed by atoms with Crippen LogP contribution < -0.4 is 14.4 Å². The number of hydrogen-bond acceptors (Lipinski definition) is 3. The molecule has 0 saturated carbocycles. The first-order chi connectivity index (χ1) is 11.6. The Hall–Kier alpha value is -2.82. The highest BCUT2D eigenvalue weighted by Crippen LogP contribution is 2.29. The van der Waals surface area contributed by atoms with Crippen LogP contribution in [0, 0.1) is 5.82 Å². The minimum absolute atomic E-state index is 0.163. The molecule has 4 nitrogen and oxygen atoms in total. The molecule has 5 heteroatoms. The van der Waals surface area contributed by atoms with Crippen molar-refractivity contribution in [3.63, 3.8) is 0 Å². The Bertz CT molecular complexity index is 788. The number of fused-ring (bicyclic) bond motifs is 1. The molecule has 0 atom stereocenters. The van der Waals surface area contributed by atoms with Gasteiger partial charge >= 0.3 is 0 Å². The fraction of sp³-hybridized carbons (Fsp3) is 0.211. The fourth-order valence-electron chi connectivity index (χ4n) is 2.74. The van der Waals surface area contributed by atoms with E-state index >= 15 is 0 Å². The molecule has 0 radical (unpaired) electrons. The molecule has 0 aliphatic carbocycles. The molecule has 0 fully saturated rings. The van der Waals surface area contributed by atoms with Crippen LogP contribution in [-0.2, 0) is 17.8 Å². The lowest BCUT2D eigenvalue weighted by Crippen LogP contribution is -2.29. The molecule has 0 saturated heterocycles. The van der Waals surface area contributed by atoms with Gasteiger partial charge in [0.25, 0.3) is 5.91 Å². The summed E-state index contributed by atoms with van der Waals surface area (Å²) in [5.74, 6) is 0.484. The Balaban J connectivity index is 1.95. The molecule has 0 unspecified atom stereocenters. The molecular formula is C19H18FNO3. The Morgan fingerprint density at radius 1 is 1.38 bits per heavy atom. The quantitative estimate of drug-likeness (QED) is 0.789. The smallest absolute Gasteiger partial charge is 0.250 e. The van der Waals surface area contributed by atoms with Crippen LogP contribution in [0.3, 0.4) is 0 Å². The predicted octanol–water partition coefficient (Wildman–Crippen LogP) is 3.49. The molecule has 3 rings (SSSR count). The summed E-state index contributed by atoms with van der Waals surface area (Å²) in [7, 11) is 1.50.